The van der Waals surface area contributed by atoms with Gasteiger partial charge in [0.2, 0.25) is 5.91 Å². The fraction of sp³-hybridized carbons (Fsp3) is 0.850. The van der Waals surface area contributed by atoms with Crippen molar-refractivity contribution in [2.45, 2.75) is 76.8 Å². The van der Waals surface area contributed by atoms with E-state index in [0.29, 0.717) is 6.42 Å². The summed E-state index contributed by atoms with van der Waals surface area (Å²) in [5.74, 6) is 0.768. The molecule has 0 unspecified atom stereocenters. The summed E-state index contributed by atoms with van der Waals surface area (Å²) in [4.78, 5) is 35.6. The van der Waals surface area contributed by atoms with Crippen molar-refractivity contribution in [1.29, 1.82) is 0 Å². The zero-order valence-electron chi connectivity index (χ0n) is 16.4. The van der Waals surface area contributed by atoms with Crippen molar-refractivity contribution in [1.82, 2.24) is 16.0 Å². The minimum Gasteiger partial charge on any atom is -0.480 e. The Labute approximate surface area is 161 Å². The summed E-state index contributed by atoms with van der Waals surface area (Å²) >= 11 is 0. The SMILES string of the molecule is CC[C@H](C)[C@H](NC(=O)CCNC(=O)NC12CC3CC(CC(C3)C1)C2)C(=O)O. The molecule has 0 heterocycles. The Balaban J connectivity index is 1.41. The Hall–Kier alpha value is -1.79. The van der Waals surface area contributed by atoms with Gasteiger partial charge in [-0.1, -0.05) is 20.3 Å². The van der Waals surface area contributed by atoms with E-state index in [1.165, 1.54) is 19.3 Å². The summed E-state index contributed by atoms with van der Waals surface area (Å²) in [6.45, 7) is 3.90. The maximum Gasteiger partial charge on any atom is 0.326 e. The third-order valence-electron chi connectivity index (χ3n) is 6.85. The topological polar surface area (TPSA) is 108 Å². The highest BCUT2D eigenvalue weighted by Gasteiger charge is 2.51. The molecule has 4 N–H and O–H groups in total. The van der Waals surface area contributed by atoms with Gasteiger partial charge < -0.3 is 21.1 Å². The molecule has 0 aliphatic heterocycles. The lowest BCUT2D eigenvalue weighted by Crippen LogP contribution is -2.61. The number of urea groups is 1. The lowest BCUT2D eigenvalue weighted by Gasteiger charge is -2.56. The number of hydrogen-bond acceptors (Lipinski definition) is 3. The van der Waals surface area contributed by atoms with Crippen LogP contribution in [0.3, 0.4) is 0 Å². The van der Waals surface area contributed by atoms with E-state index in [1.54, 1.807) is 6.92 Å². The van der Waals surface area contributed by atoms with Gasteiger partial charge >= 0.3 is 12.0 Å². The molecule has 0 spiro atoms. The summed E-state index contributed by atoms with van der Waals surface area (Å²) < 4.78 is 0. The second kappa shape index (κ2) is 8.07. The molecule has 4 aliphatic rings. The fourth-order valence-corrected chi connectivity index (χ4v) is 5.77. The van der Waals surface area contributed by atoms with Gasteiger partial charge in [0.05, 0.1) is 0 Å². The van der Waals surface area contributed by atoms with Gasteiger partial charge in [-0.25, -0.2) is 9.59 Å². The van der Waals surface area contributed by atoms with Gasteiger partial charge in [-0.3, -0.25) is 4.79 Å². The van der Waals surface area contributed by atoms with Crippen LogP contribution < -0.4 is 16.0 Å². The first-order valence-corrected chi connectivity index (χ1v) is 10.4. The molecule has 4 saturated carbocycles. The molecule has 3 amide bonds. The average Bonchev–Trinajstić information content (AvgIpc) is 2.57. The predicted octanol–water partition coefficient (Wildman–Crippen LogP) is 2.26. The van der Waals surface area contributed by atoms with Crippen molar-refractivity contribution >= 4 is 17.9 Å². The minimum atomic E-state index is -1.02. The van der Waals surface area contributed by atoms with Crippen LogP contribution >= 0.6 is 0 Å². The summed E-state index contributed by atoms with van der Waals surface area (Å²) in [6, 6.07) is -1.09. The second-order valence-electron chi connectivity index (χ2n) is 9.10. The quantitative estimate of drug-likeness (QED) is 0.519. The van der Waals surface area contributed by atoms with Gasteiger partial charge in [0.15, 0.2) is 0 Å². The number of amides is 3. The molecule has 0 radical (unpaired) electrons. The van der Waals surface area contributed by atoms with E-state index in [4.69, 9.17) is 0 Å². The lowest BCUT2D eigenvalue weighted by molar-refractivity contribution is -0.143. The van der Waals surface area contributed by atoms with Gasteiger partial charge in [-0.05, 0) is 62.2 Å². The summed E-state index contributed by atoms with van der Waals surface area (Å²) in [7, 11) is 0. The fourth-order valence-electron chi connectivity index (χ4n) is 5.77. The molecule has 2 atom stereocenters. The molecule has 0 aromatic carbocycles. The smallest absolute Gasteiger partial charge is 0.326 e. The van der Waals surface area contributed by atoms with Crippen molar-refractivity contribution in [3.8, 4) is 0 Å². The van der Waals surface area contributed by atoms with Crippen LogP contribution in [0, 0.1) is 23.7 Å². The first-order chi connectivity index (χ1) is 12.8. The molecule has 4 bridgehead atoms. The largest absolute Gasteiger partial charge is 0.480 e. The van der Waals surface area contributed by atoms with E-state index in [0.717, 1.165) is 37.0 Å². The van der Waals surface area contributed by atoms with E-state index in [1.807, 2.05) is 6.92 Å². The third-order valence-corrected chi connectivity index (χ3v) is 6.85. The van der Waals surface area contributed by atoms with Crippen LogP contribution in [0.1, 0.15) is 65.2 Å². The van der Waals surface area contributed by atoms with Crippen molar-refractivity contribution in [2.24, 2.45) is 23.7 Å². The highest BCUT2D eigenvalue weighted by Crippen LogP contribution is 2.55. The molecule has 4 fully saturated rings. The number of aliphatic carboxylic acids is 1. The maximum absolute atomic E-state index is 12.3. The van der Waals surface area contributed by atoms with Crippen LogP contribution in [0.25, 0.3) is 0 Å². The number of carboxylic acids is 1. The Morgan fingerprint density at radius 1 is 1.07 bits per heavy atom. The highest BCUT2D eigenvalue weighted by molar-refractivity contribution is 5.84. The standard InChI is InChI=1S/C20H33N3O4/c1-3-12(2)17(18(25)26)22-16(24)4-5-21-19(27)23-20-9-13-6-14(10-20)8-15(7-13)11-20/h12-15,17H,3-11H2,1-2H3,(H,22,24)(H,25,26)(H2,21,23,27)/t12-,13?,14?,15?,17-,20?/m0/s1. The van der Waals surface area contributed by atoms with Crippen LogP contribution in [0.15, 0.2) is 0 Å². The van der Waals surface area contributed by atoms with Crippen LogP contribution in [-0.4, -0.2) is 41.1 Å². The second-order valence-corrected chi connectivity index (χ2v) is 9.10. The van der Waals surface area contributed by atoms with E-state index >= 15 is 0 Å². The predicted molar refractivity (Wildman–Crippen MR) is 101 cm³/mol. The first kappa shape index (κ1) is 20.0. The zero-order chi connectivity index (χ0) is 19.6. The molecule has 4 aliphatic carbocycles. The van der Waals surface area contributed by atoms with Gasteiger partial charge in [0.1, 0.15) is 6.04 Å². The number of hydrogen-bond donors (Lipinski definition) is 4. The van der Waals surface area contributed by atoms with Crippen LogP contribution in [0.5, 0.6) is 0 Å². The maximum atomic E-state index is 12.3. The molecule has 7 nitrogen and oxygen atoms in total. The third kappa shape index (κ3) is 4.74. The number of carboxylic acid groups (broad SMARTS) is 1. The van der Waals surface area contributed by atoms with Crippen molar-refractivity contribution in [2.75, 3.05) is 6.54 Å². The van der Waals surface area contributed by atoms with Crippen molar-refractivity contribution in [3.63, 3.8) is 0 Å². The van der Waals surface area contributed by atoms with Gasteiger partial charge in [0.25, 0.3) is 0 Å². The van der Waals surface area contributed by atoms with Crippen LogP contribution in [-0.2, 0) is 9.59 Å². The van der Waals surface area contributed by atoms with Gasteiger partial charge in [-0.15, -0.1) is 0 Å². The van der Waals surface area contributed by atoms with E-state index in [-0.39, 0.29) is 36.4 Å². The number of carbonyl (C=O) groups is 3. The molecule has 7 heteroatoms. The normalized spacial score (nSPS) is 33.2. The number of carbonyl (C=O) groups excluding carboxylic acids is 2. The van der Waals surface area contributed by atoms with Crippen LogP contribution in [0.2, 0.25) is 0 Å². The molecule has 152 valence electrons. The monoisotopic (exact) mass is 379 g/mol. The minimum absolute atomic E-state index is 0.0496. The molecule has 0 aromatic heterocycles. The lowest BCUT2D eigenvalue weighted by atomic mass is 9.53. The molecular weight excluding hydrogens is 346 g/mol. The van der Waals surface area contributed by atoms with E-state index < -0.39 is 12.0 Å². The number of rotatable bonds is 8. The molecule has 0 saturated heterocycles. The summed E-state index contributed by atoms with van der Waals surface area (Å²) in [5, 5.41) is 17.8. The van der Waals surface area contributed by atoms with Crippen LogP contribution in [0.4, 0.5) is 4.79 Å². The molecule has 4 rings (SSSR count). The van der Waals surface area contributed by atoms with Gasteiger partial charge in [-0.2, -0.15) is 0 Å². The number of nitrogens with one attached hydrogen (secondary N) is 3. The van der Waals surface area contributed by atoms with Gasteiger partial charge in [0, 0.05) is 18.5 Å². The Bertz CT molecular complexity index is 556. The highest BCUT2D eigenvalue weighted by atomic mass is 16.4. The summed E-state index contributed by atoms with van der Waals surface area (Å²) in [6.07, 6.45) is 7.97. The average molecular weight is 380 g/mol. The van der Waals surface area contributed by atoms with Crippen molar-refractivity contribution in [3.05, 3.63) is 0 Å². The first-order valence-electron chi connectivity index (χ1n) is 10.4. The zero-order valence-corrected chi connectivity index (χ0v) is 16.4. The molecule has 0 aromatic rings. The van der Waals surface area contributed by atoms with E-state index in [9.17, 15) is 19.5 Å². The van der Waals surface area contributed by atoms with E-state index in [2.05, 4.69) is 16.0 Å². The molecular formula is C20H33N3O4. The molecule has 27 heavy (non-hydrogen) atoms. The Morgan fingerprint density at radius 3 is 2.11 bits per heavy atom. The Morgan fingerprint density at radius 2 is 1.63 bits per heavy atom. The van der Waals surface area contributed by atoms with Crippen molar-refractivity contribution < 1.29 is 19.5 Å². The Kier molecular flexibility index (Phi) is 5.96. The summed E-state index contributed by atoms with van der Waals surface area (Å²) in [5.41, 5.74) is -0.0496.